The highest BCUT2D eigenvalue weighted by molar-refractivity contribution is 5.46. The van der Waals surface area contributed by atoms with Gasteiger partial charge < -0.3 is 10.2 Å². The SMILES string of the molecule is Cc1cc(N(Cc2ccccc2)C(C)C)nc(NCc2ccccn2)n1. The largest absolute Gasteiger partial charge is 0.350 e. The maximum atomic E-state index is 4.74. The molecule has 3 rings (SSSR count). The zero-order valence-corrected chi connectivity index (χ0v) is 15.6. The van der Waals surface area contributed by atoms with E-state index in [0.29, 0.717) is 18.5 Å². The number of aryl methyl sites for hydroxylation is 1. The molecule has 0 bridgehead atoms. The molecule has 0 atom stereocenters. The Labute approximate surface area is 155 Å². The molecule has 0 unspecified atom stereocenters. The average Bonchev–Trinajstić information content (AvgIpc) is 2.65. The minimum atomic E-state index is 0.327. The topological polar surface area (TPSA) is 53.9 Å². The molecule has 1 N–H and O–H groups in total. The lowest BCUT2D eigenvalue weighted by atomic mass is 10.2. The van der Waals surface area contributed by atoms with E-state index in [1.165, 1.54) is 5.56 Å². The lowest BCUT2D eigenvalue weighted by Crippen LogP contribution is -2.31. The smallest absolute Gasteiger partial charge is 0.225 e. The molecule has 1 aromatic carbocycles. The maximum Gasteiger partial charge on any atom is 0.225 e. The van der Waals surface area contributed by atoms with Crippen LogP contribution in [0, 0.1) is 6.92 Å². The quantitative estimate of drug-likeness (QED) is 0.694. The molecule has 0 aliphatic carbocycles. The molecule has 2 heterocycles. The highest BCUT2D eigenvalue weighted by Crippen LogP contribution is 2.20. The van der Waals surface area contributed by atoms with Crippen LogP contribution >= 0.6 is 0 Å². The molecular formula is C21H25N5. The van der Waals surface area contributed by atoms with Crippen LogP contribution in [-0.2, 0) is 13.1 Å². The van der Waals surface area contributed by atoms with E-state index in [-0.39, 0.29) is 0 Å². The number of benzene rings is 1. The summed E-state index contributed by atoms with van der Waals surface area (Å²) in [5.41, 5.74) is 3.17. The van der Waals surface area contributed by atoms with Crippen molar-refractivity contribution in [2.45, 2.75) is 39.9 Å². The highest BCUT2D eigenvalue weighted by atomic mass is 15.2. The fraction of sp³-hybridized carbons (Fsp3) is 0.286. The molecule has 26 heavy (non-hydrogen) atoms. The van der Waals surface area contributed by atoms with Gasteiger partial charge in [-0.1, -0.05) is 36.4 Å². The Morgan fingerprint density at radius 2 is 1.77 bits per heavy atom. The maximum absolute atomic E-state index is 4.74. The van der Waals surface area contributed by atoms with E-state index in [1.54, 1.807) is 6.20 Å². The van der Waals surface area contributed by atoms with Gasteiger partial charge in [0, 0.05) is 30.5 Å². The molecule has 0 saturated carbocycles. The predicted molar refractivity (Wildman–Crippen MR) is 106 cm³/mol. The van der Waals surface area contributed by atoms with Gasteiger partial charge in [0.15, 0.2) is 0 Å². The summed E-state index contributed by atoms with van der Waals surface area (Å²) in [5, 5.41) is 3.29. The van der Waals surface area contributed by atoms with Gasteiger partial charge in [0.25, 0.3) is 0 Å². The van der Waals surface area contributed by atoms with Crippen molar-refractivity contribution in [3.05, 3.63) is 77.7 Å². The number of nitrogens with one attached hydrogen (secondary N) is 1. The molecule has 0 aliphatic heterocycles. The van der Waals surface area contributed by atoms with Gasteiger partial charge in [0.05, 0.1) is 12.2 Å². The zero-order valence-electron chi connectivity index (χ0n) is 15.6. The molecule has 134 valence electrons. The lowest BCUT2D eigenvalue weighted by Gasteiger charge is -2.28. The van der Waals surface area contributed by atoms with Gasteiger partial charge >= 0.3 is 0 Å². The third-order valence-corrected chi connectivity index (χ3v) is 4.11. The van der Waals surface area contributed by atoms with Crippen molar-refractivity contribution in [1.29, 1.82) is 0 Å². The number of rotatable bonds is 7. The molecular weight excluding hydrogens is 322 g/mol. The molecule has 5 heteroatoms. The van der Waals surface area contributed by atoms with Crippen LogP contribution in [0.25, 0.3) is 0 Å². The number of anilines is 2. The third-order valence-electron chi connectivity index (χ3n) is 4.11. The third kappa shape index (κ3) is 4.79. The Kier molecular flexibility index (Phi) is 5.79. The minimum absolute atomic E-state index is 0.327. The van der Waals surface area contributed by atoms with Crippen molar-refractivity contribution in [3.63, 3.8) is 0 Å². The fourth-order valence-electron chi connectivity index (χ4n) is 2.76. The van der Waals surface area contributed by atoms with E-state index >= 15 is 0 Å². The number of hydrogen-bond donors (Lipinski definition) is 1. The van der Waals surface area contributed by atoms with Crippen molar-refractivity contribution in [1.82, 2.24) is 15.0 Å². The second-order valence-corrected chi connectivity index (χ2v) is 6.57. The number of nitrogens with zero attached hydrogens (tertiary/aromatic N) is 4. The van der Waals surface area contributed by atoms with Crippen LogP contribution in [0.2, 0.25) is 0 Å². The van der Waals surface area contributed by atoms with Gasteiger partial charge in [-0.2, -0.15) is 4.98 Å². The van der Waals surface area contributed by atoms with E-state index < -0.39 is 0 Å². The number of aromatic nitrogens is 3. The number of hydrogen-bond acceptors (Lipinski definition) is 5. The van der Waals surface area contributed by atoms with Crippen molar-refractivity contribution in [3.8, 4) is 0 Å². The first-order valence-electron chi connectivity index (χ1n) is 8.92. The summed E-state index contributed by atoms with van der Waals surface area (Å²) in [4.78, 5) is 15.9. The van der Waals surface area contributed by atoms with Crippen LogP contribution in [0.5, 0.6) is 0 Å². The van der Waals surface area contributed by atoms with Gasteiger partial charge in [-0.15, -0.1) is 0 Å². The van der Waals surface area contributed by atoms with E-state index in [4.69, 9.17) is 4.98 Å². The zero-order chi connectivity index (χ0) is 18.4. The Bertz CT molecular complexity index is 818. The summed E-state index contributed by atoms with van der Waals surface area (Å²) in [7, 11) is 0. The van der Waals surface area contributed by atoms with Crippen LogP contribution in [-0.4, -0.2) is 21.0 Å². The Morgan fingerprint density at radius 3 is 2.46 bits per heavy atom. The normalized spacial score (nSPS) is 10.8. The molecule has 5 nitrogen and oxygen atoms in total. The van der Waals surface area contributed by atoms with Gasteiger partial charge in [-0.3, -0.25) is 4.98 Å². The van der Waals surface area contributed by atoms with E-state index in [9.17, 15) is 0 Å². The highest BCUT2D eigenvalue weighted by Gasteiger charge is 2.14. The molecule has 0 radical (unpaired) electrons. The molecule has 0 spiro atoms. The average molecular weight is 347 g/mol. The van der Waals surface area contributed by atoms with Crippen LogP contribution in [0.15, 0.2) is 60.8 Å². The van der Waals surface area contributed by atoms with Crippen LogP contribution in [0.3, 0.4) is 0 Å². The predicted octanol–water partition coefficient (Wildman–Crippen LogP) is 4.21. The van der Waals surface area contributed by atoms with Gasteiger partial charge in [-0.25, -0.2) is 4.98 Å². The Hall–Kier alpha value is -2.95. The summed E-state index contributed by atoms with van der Waals surface area (Å²) >= 11 is 0. The van der Waals surface area contributed by atoms with Gasteiger partial charge in [0.1, 0.15) is 5.82 Å². The molecule has 0 amide bonds. The standard InChI is InChI=1S/C21H25N5/c1-16(2)26(15-18-9-5-4-6-10-18)20-13-17(3)24-21(25-20)23-14-19-11-7-8-12-22-19/h4-13,16H,14-15H2,1-3H3,(H,23,24,25). The number of pyridine rings is 1. The first-order chi connectivity index (χ1) is 12.6. The second kappa shape index (κ2) is 8.43. The minimum Gasteiger partial charge on any atom is -0.350 e. The summed E-state index contributed by atoms with van der Waals surface area (Å²) in [5.74, 6) is 1.56. The summed E-state index contributed by atoms with van der Waals surface area (Å²) in [6, 6.07) is 18.7. The van der Waals surface area contributed by atoms with Crippen LogP contribution < -0.4 is 10.2 Å². The Balaban J connectivity index is 1.80. The van der Waals surface area contributed by atoms with Crippen molar-refractivity contribution >= 4 is 11.8 Å². The Morgan fingerprint density at radius 1 is 1.00 bits per heavy atom. The van der Waals surface area contributed by atoms with E-state index in [2.05, 4.69) is 58.3 Å². The van der Waals surface area contributed by atoms with Gasteiger partial charge in [0.2, 0.25) is 5.95 Å². The summed E-state index contributed by atoms with van der Waals surface area (Å²) in [6.07, 6.45) is 1.79. The summed E-state index contributed by atoms with van der Waals surface area (Å²) in [6.45, 7) is 7.78. The van der Waals surface area contributed by atoms with Crippen molar-refractivity contribution in [2.75, 3.05) is 10.2 Å². The molecule has 0 aliphatic rings. The van der Waals surface area contributed by atoms with Gasteiger partial charge in [-0.05, 0) is 38.5 Å². The first kappa shape index (κ1) is 17.9. The van der Waals surface area contributed by atoms with Crippen LogP contribution in [0.4, 0.5) is 11.8 Å². The monoisotopic (exact) mass is 347 g/mol. The van der Waals surface area contributed by atoms with Crippen molar-refractivity contribution in [2.24, 2.45) is 0 Å². The van der Waals surface area contributed by atoms with E-state index in [1.807, 2.05) is 37.3 Å². The van der Waals surface area contributed by atoms with Crippen molar-refractivity contribution < 1.29 is 0 Å². The molecule has 3 aromatic rings. The lowest BCUT2D eigenvalue weighted by molar-refractivity contribution is 0.671. The fourth-order valence-corrected chi connectivity index (χ4v) is 2.76. The summed E-state index contributed by atoms with van der Waals surface area (Å²) < 4.78 is 0. The first-order valence-corrected chi connectivity index (χ1v) is 8.92. The second-order valence-electron chi connectivity index (χ2n) is 6.57. The molecule has 2 aromatic heterocycles. The molecule has 0 saturated heterocycles. The van der Waals surface area contributed by atoms with E-state index in [0.717, 1.165) is 23.8 Å². The van der Waals surface area contributed by atoms with Crippen LogP contribution in [0.1, 0.15) is 30.8 Å². The molecule has 0 fully saturated rings.